The Morgan fingerprint density at radius 3 is 2.61 bits per heavy atom. The van der Waals surface area contributed by atoms with Gasteiger partial charge in [0.15, 0.2) is 5.13 Å². The van der Waals surface area contributed by atoms with Crippen LogP contribution in [0.25, 0.3) is 10.2 Å². The van der Waals surface area contributed by atoms with Gasteiger partial charge in [-0.3, -0.25) is 9.59 Å². The molecule has 3 saturated carbocycles. The number of aromatic nitrogens is 1. The lowest BCUT2D eigenvalue weighted by atomic mass is 9.40. The van der Waals surface area contributed by atoms with Gasteiger partial charge in [-0.1, -0.05) is 11.3 Å². The number of carbonyl (C=O) groups is 2. The molecule has 3 heterocycles. The van der Waals surface area contributed by atoms with Gasteiger partial charge in [-0.25, -0.2) is 4.98 Å². The van der Waals surface area contributed by atoms with Crippen molar-refractivity contribution in [1.29, 1.82) is 5.26 Å². The molecule has 2 aromatic carbocycles. The summed E-state index contributed by atoms with van der Waals surface area (Å²) in [4.78, 5) is 34.1. The molecule has 10 nitrogen and oxygen atoms in total. The van der Waals surface area contributed by atoms with Gasteiger partial charge in [-0.2, -0.15) is 14.0 Å². The Labute approximate surface area is 237 Å². The second-order valence-electron chi connectivity index (χ2n) is 11.2. The Hall–Kier alpha value is -4.02. The summed E-state index contributed by atoms with van der Waals surface area (Å²) in [5.41, 5.74) is 0.0948. The van der Waals surface area contributed by atoms with Gasteiger partial charge in [0.25, 0.3) is 11.8 Å². The minimum atomic E-state index is -3.09. The molecule has 0 spiro atoms. The van der Waals surface area contributed by atoms with E-state index in [-0.39, 0.29) is 40.1 Å². The number of amides is 2. The highest BCUT2D eigenvalue weighted by atomic mass is 32.1. The van der Waals surface area contributed by atoms with Gasteiger partial charge < -0.3 is 29.7 Å². The number of anilines is 2. The number of ether oxygens (including phenoxy) is 3. The molecule has 41 heavy (non-hydrogen) atoms. The van der Waals surface area contributed by atoms with Crippen molar-refractivity contribution in [1.82, 2.24) is 10.3 Å². The average Bonchev–Trinajstić information content (AvgIpc) is 3.32. The molecule has 1 aromatic heterocycles. The number of thiazole rings is 1. The third kappa shape index (κ3) is 4.16. The predicted octanol–water partition coefficient (Wildman–Crippen LogP) is 4.31. The van der Waals surface area contributed by atoms with Crippen molar-refractivity contribution in [2.75, 3.05) is 30.5 Å². The van der Waals surface area contributed by atoms with Crippen LogP contribution in [0.1, 0.15) is 46.4 Å². The first kappa shape index (κ1) is 25.9. The molecule has 2 unspecified atom stereocenters. The van der Waals surface area contributed by atoms with Gasteiger partial charge in [-0.15, -0.1) is 0 Å². The Balaban J connectivity index is 1.21. The molecule has 3 aromatic rings. The molecule has 5 aliphatic rings. The molecular weight excluding hydrogens is 556 g/mol. The minimum Gasteiger partial charge on any atom is -0.496 e. The molecule has 8 rings (SSSR count). The number of methoxy groups -OCH3 is 1. The van der Waals surface area contributed by atoms with Crippen molar-refractivity contribution in [2.24, 2.45) is 5.41 Å². The lowest BCUT2D eigenvalue weighted by molar-refractivity contribution is -0.102. The fourth-order valence-electron chi connectivity index (χ4n) is 6.64. The van der Waals surface area contributed by atoms with Crippen LogP contribution >= 0.6 is 11.3 Å². The summed E-state index contributed by atoms with van der Waals surface area (Å²) in [6, 6.07) is 10.0. The number of hydrogen-bond acceptors (Lipinski definition) is 9. The number of rotatable bonds is 8. The van der Waals surface area contributed by atoms with Crippen LogP contribution in [0.4, 0.5) is 19.6 Å². The number of benzene rings is 2. The number of hydrogen-bond donors (Lipinski definition) is 2. The Kier molecular flexibility index (Phi) is 5.85. The fourth-order valence-corrected chi connectivity index (χ4v) is 7.88. The lowest BCUT2D eigenvalue weighted by Gasteiger charge is -2.66. The Bertz CT molecular complexity index is 1600. The van der Waals surface area contributed by atoms with Crippen molar-refractivity contribution < 1.29 is 32.6 Å². The molecular formula is C28H25F2N5O5S. The fraction of sp³-hybridized carbons (Fsp3) is 0.429. The van der Waals surface area contributed by atoms with Crippen LogP contribution in [0.2, 0.25) is 0 Å². The molecule has 2 N–H and O–H groups in total. The zero-order valence-corrected chi connectivity index (χ0v) is 22.7. The van der Waals surface area contributed by atoms with E-state index in [1.165, 1.54) is 36.6 Å². The van der Waals surface area contributed by atoms with Gasteiger partial charge in [0.05, 0.1) is 65.4 Å². The number of alkyl halides is 2. The van der Waals surface area contributed by atoms with Crippen molar-refractivity contribution in [2.45, 2.75) is 49.9 Å². The molecule has 2 amide bonds. The van der Waals surface area contributed by atoms with E-state index >= 15 is 0 Å². The van der Waals surface area contributed by atoms with E-state index in [0.717, 1.165) is 11.6 Å². The number of morpholine rings is 1. The maximum absolute atomic E-state index is 13.8. The van der Waals surface area contributed by atoms with Crippen LogP contribution in [0, 0.1) is 16.7 Å². The minimum absolute atomic E-state index is 0.00506. The first-order chi connectivity index (χ1) is 19.7. The summed E-state index contributed by atoms with van der Waals surface area (Å²) in [6.45, 7) is -1.83. The largest absolute Gasteiger partial charge is 0.496 e. The lowest BCUT2D eigenvalue weighted by Crippen LogP contribution is -2.74. The number of nitrogens with zero attached hydrogens (tertiary/aromatic N) is 3. The van der Waals surface area contributed by atoms with Crippen LogP contribution < -0.4 is 25.0 Å². The highest BCUT2D eigenvalue weighted by Crippen LogP contribution is 2.66. The zero-order chi connectivity index (χ0) is 28.5. The zero-order valence-electron chi connectivity index (χ0n) is 21.9. The average molecular weight is 582 g/mol. The van der Waals surface area contributed by atoms with E-state index in [1.54, 1.807) is 12.1 Å². The molecule has 2 aliphatic heterocycles. The van der Waals surface area contributed by atoms with Crippen molar-refractivity contribution in [3.05, 3.63) is 41.5 Å². The highest BCUT2D eigenvalue weighted by molar-refractivity contribution is 7.22. The summed E-state index contributed by atoms with van der Waals surface area (Å²) in [6.07, 6.45) is 2.73. The Morgan fingerprint density at radius 2 is 1.95 bits per heavy atom. The SMILES string of the molecule is COc1ccc2nc(N3C4COCC3C4)sc2c1C(=O)Nc1cc(OC(F)F)ccc1C(=O)NC12CC(C#N)(C1)C2. The van der Waals surface area contributed by atoms with E-state index in [2.05, 4.69) is 26.3 Å². The summed E-state index contributed by atoms with van der Waals surface area (Å²) in [5, 5.41) is 15.8. The second-order valence-corrected chi connectivity index (χ2v) is 12.2. The number of halogens is 2. The quantitative estimate of drug-likeness (QED) is 0.403. The molecule has 5 fully saturated rings. The predicted molar refractivity (Wildman–Crippen MR) is 145 cm³/mol. The van der Waals surface area contributed by atoms with Gasteiger partial charge in [0.2, 0.25) is 0 Å². The van der Waals surface area contributed by atoms with Crippen LogP contribution in [0.5, 0.6) is 11.5 Å². The van der Waals surface area contributed by atoms with E-state index in [9.17, 15) is 23.6 Å². The van der Waals surface area contributed by atoms with Crippen LogP contribution in [0.15, 0.2) is 30.3 Å². The van der Waals surface area contributed by atoms with E-state index < -0.39 is 24.0 Å². The van der Waals surface area contributed by atoms with Crippen molar-refractivity contribution >= 4 is 44.2 Å². The van der Waals surface area contributed by atoms with E-state index in [1.807, 2.05) is 0 Å². The van der Waals surface area contributed by atoms with Crippen LogP contribution in [-0.4, -0.2) is 61.4 Å². The summed E-state index contributed by atoms with van der Waals surface area (Å²) in [5.74, 6) is -0.976. The summed E-state index contributed by atoms with van der Waals surface area (Å²) in [7, 11) is 1.45. The van der Waals surface area contributed by atoms with Gasteiger partial charge in [0.1, 0.15) is 17.1 Å². The molecule has 2 atom stereocenters. The Morgan fingerprint density at radius 1 is 1.20 bits per heavy atom. The molecule has 212 valence electrons. The molecule has 0 radical (unpaired) electrons. The normalized spacial score (nSPS) is 27.2. The van der Waals surface area contributed by atoms with Gasteiger partial charge in [-0.05, 0) is 49.9 Å². The molecule has 4 bridgehead atoms. The summed E-state index contributed by atoms with van der Waals surface area (Å²) >= 11 is 1.37. The monoisotopic (exact) mass is 581 g/mol. The number of nitriles is 1. The van der Waals surface area contributed by atoms with Crippen LogP contribution in [-0.2, 0) is 4.74 Å². The third-order valence-electron chi connectivity index (χ3n) is 8.48. The molecule has 3 aliphatic carbocycles. The maximum Gasteiger partial charge on any atom is 0.387 e. The highest BCUT2D eigenvalue weighted by Gasteiger charge is 2.69. The maximum atomic E-state index is 13.8. The van der Waals surface area contributed by atoms with Crippen molar-refractivity contribution in [3.63, 3.8) is 0 Å². The number of nitrogens with one attached hydrogen (secondary N) is 2. The number of fused-ring (bicyclic) bond motifs is 3. The van der Waals surface area contributed by atoms with Gasteiger partial charge in [0, 0.05) is 11.6 Å². The standard InChI is InChI=1S/C28H25F2N5O5S/c1-38-20-5-4-18-22(41-26(33-18)35-14-6-15(35)9-39-8-14)21(20)24(37)32-19-7-16(40-25(29)30)2-3-17(19)23(36)34-28-10-27(11-28,12-28)13-31/h2-5,7,14-15,25H,6,8-12H2,1H3,(H,32,37)(H,34,36). The van der Waals surface area contributed by atoms with Crippen molar-refractivity contribution in [3.8, 4) is 17.6 Å². The van der Waals surface area contributed by atoms with E-state index in [4.69, 9.17) is 14.5 Å². The smallest absolute Gasteiger partial charge is 0.387 e. The molecule has 13 heteroatoms. The third-order valence-corrected chi connectivity index (χ3v) is 9.58. The number of carbonyl (C=O) groups excluding carboxylic acids is 2. The topological polar surface area (TPSA) is 126 Å². The first-order valence-corrected chi connectivity index (χ1v) is 14.0. The first-order valence-electron chi connectivity index (χ1n) is 13.2. The van der Waals surface area contributed by atoms with Crippen LogP contribution in [0.3, 0.4) is 0 Å². The molecule has 2 saturated heterocycles. The van der Waals surface area contributed by atoms with E-state index in [0.29, 0.717) is 48.4 Å². The van der Waals surface area contributed by atoms with Gasteiger partial charge >= 0.3 is 6.61 Å². The second kappa shape index (κ2) is 9.25. The summed E-state index contributed by atoms with van der Waals surface area (Å²) < 4.78 is 42.3.